The van der Waals surface area contributed by atoms with E-state index in [2.05, 4.69) is 9.59 Å². The summed E-state index contributed by atoms with van der Waals surface area (Å²) in [5.74, 6) is 0.0236. The Kier molecular flexibility index (Phi) is 3.50. The van der Waals surface area contributed by atoms with E-state index in [0.29, 0.717) is 17.0 Å². The van der Waals surface area contributed by atoms with Crippen molar-refractivity contribution in [2.24, 2.45) is 5.73 Å². The van der Waals surface area contributed by atoms with Crippen LogP contribution < -0.4 is 5.73 Å². The Morgan fingerprint density at radius 2 is 2.19 bits per heavy atom. The van der Waals surface area contributed by atoms with Crippen LogP contribution in [-0.4, -0.2) is 39.5 Å². The van der Waals surface area contributed by atoms with E-state index in [0.717, 1.165) is 37.2 Å². The molecule has 0 bridgehead atoms. The van der Waals surface area contributed by atoms with Crippen molar-refractivity contribution in [1.82, 2.24) is 14.5 Å². The highest BCUT2D eigenvalue weighted by atomic mass is 32.1. The normalized spacial score (nSPS) is 25.4. The van der Waals surface area contributed by atoms with Crippen LogP contribution in [0.5, 0.6) is 0 Å². The van der Waals surface area contributed by atoms with Gasteiger partial charge in [0, 0.05) is 19.1 Å². The first-order chi connectivity index (χ1) is 7.68. The Hall–Kier alpha value is -1.01. The number of aromatic nitrogens is 2. The van der Waals surface area contributed by atoms with E-state index in [9.17, 15) is 4.79 Å². The summed E-state index contributed by atoms with van der Waals surface area (Å²) in [7, 11) is 1.85. The Bertz CT molecular complexity index is 346. The molecule has 1 aliphatic carbocycles. The summed E-state index contributed by atoms with van der Waals surface area (Å²) in [6.07, 6.45) is 5.52. The minimum Gasteiger partial charge on any atom is -0.338 e. The highest BCUT2D eigenvalue weighted by molar-refractivity contribution is 7.07. The fourth-order valence-corrected chi connectivity index (χ4v) is 2.59. The van der Waals surface area contributed by atoms with Gasteiger partial charge in [-0.15, -0.1) is 5.10 Å². The molecule has 0 aliphatic heterocycles. The lowest BCUT2D eigenvalue weighted by Gasteiger charge is -2.33. The lowest BCUT2D eigenvalue weighted by molar-refractivity contribution is 0.0694. The molecule has 1 saturated carbocycles. The third kappa shape index (κ3) is 2.38. The predicted octanol–water partition coefficient (Wildman–Crippen LogP) is 0.880. The average Bonchev–Trinajstić information content (AvgIpc) is 2.81. The van der Waals surface area contributed by atoms with E-state index in [-0.39, 0.29) is 5.91 Å². The van der Waals surface area contributed by atoms with Crippen LogP contribution in [0.1, 0.15) is 35.4 Å². The third-order valence-corrected chi connectivity index (χ3v) is 3.83. The van der Waals surface area contributed by atoms with Crippen LogP contribution in [0.4, 0.5) is 0 Å². The quantitative estimate of drug-likeness (QED) is 0.833. The van der Waals surface area contributed by atoms with Crippen LogP contribution >= 0.6 is 11.5 Å². The maximum absolute atomic E-state index is 12.0. The van der Waals surface area contributed by atoms with Crippen LogP contribution in [0.3, 0.4) is 0 Å². The van der Waals surface area contributed by atoms with Crippen LogP contribution in [0, 0.1) is 0 Å². The van der Waals surface area contributed by atoms with Crippen LogP contribution in [0.15, 0.2) is 6.20 Å². The van der Waals surface area contributed by atoms with Crippen molar-refractivity contribution < 1.29 is 4.79 Å². The topological polar surface area (TPSA) is 72.1 Å². The van der Waals surface area contributed by atoms with Gasteiger partial charge in [-0.2, -0.15) is 0 Å². The Balaban J connectivity index is 1.97. The van der Waals surface area contributed by atoms with E-state index in [4.69, 9.17) is 5.73 Å². The lowest BCUT2D eigenvalue weighted by Crippen LogP contribution is -2.41. The zero-order valence-corrected chi connectivity index (χ0v) is 10.1. The molecule has 5 nitrogen and oxygen atoms in total. The lowest BCUT2D eigenvalue weighted by atomic mass is 9.91. The van der Waals surface area contributed by atoms with E-state index in [1.807, 2.05) is 7.05 Å². The molecular weight excluding hydrogens is 224 g/mol. The molecule has 1 aromatic rings. The van der Waals surface area contributed by atoms with Crippen LogP contribution in [-0.2, 0) is 0 Å². The molecule has 0 spiro atoms. The highest BCUT2D eigenvalue weighted by Gasteiger charge is 2.26. The first-order valence-electron chi connectivity index (χ1n) is 5.48. The van der Waals surface area contributed by atoms with Gasteiger partial charge in [-0.1, -0.05) is 4.49 Å². The van der Waals surface area contributed by atoms with Gasteiger partial charge < -0.3 is 10.6 Å². The molecule has 0 aromatic carbocycles. The first kappa shape index (κ1) is 11.5. The third-order valence-electron chi connectivity index (χ3n) is 3.18. The van der Waals surface area contributed by atoms with Crippen LogP contribution in [0.25, 0.3) is 0 Å². The zero-order valence-electron chi connectivity index (χ0n) is 9.30. The second kappa shape index (κ2) is 4.88. The Morgan fingerprint density at radius 3 is 2.75 bits per heavy atom. The maximum atomic E-state index is 12.0. The Morgan fingerprint density at radius 1 is 1.50 bits per heavy atom. The summed E-state index contributed by atoms with van der Waals surface area (Å²) in [6, 6.07) is 0.624. The van der Waals surface area contributed by atoms with Crippen molar-refractivity contribution in [2.45, 2.75) is 37.8 Å². The number of amides is 1. The molecule has 88 valence electrons. The molecule has 1 amide bonds. The summed E-state index contributed by atoms with van der Waals surface area (Å²) < 4.78 is 3.71. The van der Waals surface area contributed by atoms with E-state index < -0.39 is 0 Å². The van der Waals surface area contributed by atoms with Crippen molar-refractivity contribution in [3.63, 3.8) is 0 Å². The molecule has 1 fully saturated rings. The second-order valence-corrected chi connectivity index (χ2v) is 5.05. The van der Waals surface area contributed by atoms with Gasteiger partial charge >= 0.3 is 0 Å². The number of hydrogen-bond acceptors (Lipinski definition) is 5. The van der Waals surface area contributed by atoms with E-state index in [1.165, 1.54) is 6.20 Å². The van der Waals surface area contributed by atoms with Gasteiger partial charge in [-0.3, -0.25) is 4.79 Å². The molecule has 16 heavy (non-hydrogen) atoms. The maximum Gasteiger partial charge on any atom is 0.267 e. The van der Waals surface area contributed by atoms with Crippen molar-refractivity contribution in [3.8, 4) is 0 Å². The molecule has 2 N–H and O–H groups in total. The summed E-state index contributed by atoms with van der Waals surface area (Å²) in [5, 5.41) is 3.68. The molecule has 6 heteroatoms. The van der Waals surface area contributed by atoms with Gasteiger partial charge in [0.2, 0.25) is 0 Å². The molecule has 0 saturated heterocycles. The molecule has 0 unspecified atom stereocenters. The minimum absolute atomic E-state index is 0.0236. The van der Waals surface area contributed by atoms with E-state index >= 15 is 0 Å². The largest absolute Gasteiger partial charge is 0.338 e. The van der Waals surface area contributed by atoms with Crippen molar-refractivity contribution in [1.29, 1.82) is 0 Å². The summed E-state index contributed by atoms with van der Waals surface area (Å²) in [4.78, 5) is 14.4. The number of nitrogens with zero attached hydrogens (tertiary/aromatic N) is 3. The number of rotatable bonds is 2. The minimum atomic E-state index is 0.0236. The second-order valence-electron chi connectivity index (χ2n) is 4.27. The summed E-state index contributed by atoms with van der Waals surface area (Å²) >= 11 is 1.15. The predicted molar refractivity (Wildman–Crippen MR) is 62.2 cm³/mol. The Labute approximate surface area is 98.8 Å². The number of hydrogen-bond donors (Lipinski definition) is 1. The molecule has 0 atom stereocenters. The van der Waals surface area contributed by atoms with Gasteiger partial charge in [-0.25, -0.2) is 0 Å². The highest BCUT2D eigenvalue weighted by Crippen LogP contribution is 2.22. The number of carbonyl (C=O) groups excluding carboxylic acids is 1. The fraction of sp³-hybridized carbons (Fsp3) is 0.700. The smallest absolute Gasteiger partial charge is 0.267 e. The molecule has 1 aliphatic rings. The summed E-state index contributed by atoms with van der Waals surface area (Å²) in [5.41, 5.74) is 5.85. The monoisotopic (exact) mass is 240 g/mol. The van der Waals surface area contributed by atoms with Gasteiger partial charge in [0.25, 0.3) is 5.91 Å². The number of carbonyl (C=O) groups is 1. The van der Waals surface area contributed by atoms with Gasteiger partial charge in [-0.05, 0) is 37.2 Å². The van der Waals surface area contributed by atoms with Crippen molar-refractivity contribution in [3.05, 3.63) is 11.1 Å². The molecule has 2 rings (SSSR count). The number of nitrogens with two attached hydrogens (primary N) is 1. The van der Waals surface area contributed by atoms with Gasteiger partial charge in [0.1, 0.15) is 4.88 Å². The molecule has 1 aromatic heterocycles. The SMILES string of the molecule is CN(C(=O)c1cnns1)C1CCC(N)CC1. The average molecular weight is 240 g/mol. The standard InChI is InChI=1S/C10H16N4OS/c1-14(8-4-2-7(11)3-5-8)10(15)9-6-12-13-16-9/h6-8H,2-5,11H2,1H3. The zero-order chi connectivity index (χ0) is 11.5. The van der Waals surface area contributed by atoms with Gasteiger partial charge in [0.15, 0.2) is 0 Å². The van der Waals surface area contributed by atoms with Gasteiger partial charge in [0.05, 0.1) is 6.20 Å². The molecule has 0 radical (unpaired) electrons. The molecule has 1 heterocycles. The first-order valence-corrected chi connectivity index (χ1v) is 6.26. The van der Waals surface area contributed by atoms with Crippen molar-refractivity contribution >= 4 is 17.4 Å². The van der Waals surface area contributed by atoms with Crippen LogP contribution in [0.2, 0.25) is 0 Å². The summed E-state index contributed by atoms with van der Waals surface area (Å²) in [6.45, 7) is 0. The van der Waals surface area contributed by atoms with Crippen molar-refractivity contribution in [2.75, 3.05) is 7.05 Å². The fourth-order valence-electron chi connectivity index (χ4n) is 2.09. The molecular formula is C10H16N4OS. The van der Waals surface area contributed by atoms with E-state index in [1.54, 1.807) is 4.90 Å².